The van der Waals surface area contributed by atoms with Gasteiger partial charge in [0.05, 0.1) is 10.9 Å². The van der Waals surface area contributed by atoms with Crippen molar-refractivity contribution in [2.45, 2.75) is 13.3 Å². The molecule has 23 heavy (non-hydrogen) atoms. The molecule has 118 valence electrons. The Morgan fingerprint density at radius 3 is 2.91 bits per heavy atom. The quantitative estimate of drug-likeness (QED) is 0.799. The molecule has 0 bridgehead atoms. The number of nitrogens with one attached hydrogen (secondary N) is 1. The molecular formula is C17H17N3O2S. The predicted octanol–water partition coefficient (Wildman–Crippen LogP) is 2.28. The van der Waals surface area contributed by atoms with Gasteiger partial charge >= 0.3 is 0 Å². The van der Waals surface area contributed by atoms with Gasteiger partial charge in [0.25, 0.3) is 5.91 Å². The number of carbonyl (C=O) groups excluding carboxylic acids is 1. The van der Waals surface area contributed by atoms with Crippen molar-refractivity contribution in [1.82, 2.24) is 15.1 Å². The summed E-state index contributed by atoms with van der Waals surface area (Å²) in [5.74, 6) is -0.425. The molecule has 0 aliphatic rings. The Labute approximate surface area is 137 Å². The smallest absolute Gasteiger partial charge is 0.275 e. The first kappa shape index (κ1) is 15.4. The first-order valence-corrected chi connectivity index (χ1v) is 8.22. The Hall–Kier alpha value is -2.47. The lowest BCUT2D eigenvalue weighted by Gasteiger charge is -2.09. The Morgan fingerprint density at radius 1 is 1.35 bits per heavy atom. The molecular weight excluding hydrogens is 310 g/mol. The van der Waals surface area contributed by atoms with Crippen LogP contribution in [0.4, 0.5) is 0 Å². The molecule has 0 aliphatic heterocycles. The molecule has 6 heteroatoms. The molecule has 0 atom stereocenters. The van der Waals surface area contributed by atoms with E-state index in [0.29, 0.717) is 11.9 Å². The topological polar surface area (TPSA) is 64.0 Å². The van der Waals surface area contributed by atoms with E-state index in [1.54, 1.807) is 29.1 Å². The third-order valence-corrected chi connectivity index (χ3v) is 4.60. The molecule has 2 aromatic heterocycles. The van der Waals surface area contributed by atoms with Gasteiger partial charge in [-0.1, -0.05) is 17.7 Å². The van der Waals surface area contributed by atoms with Crippen LogP contribution >= 0.6 is 11.3 Å². The number of rotatable bonds is 4. The van der Waals surface area contributed by atoms with Crippen molar-refractivity contribution in [2.75, 3.05) is 6.54 Å². The van der Waals surface area contributed by atoms with Crippen LogP contribution in [0.15, 0.2) is 40.5 Å². The third-order valence-electron chi connectivity index (χ3n) is 3.66. The van der Waals surface area contributed by atoms with Gasteiger partial charge in [0, 0.05) is 18.5 Å². The summed E-state index contributed by atoms with van der Waals surface area (Å²) in [5, 5.41) is 9.44. The summed E-state index contributed by atoms with van der Waals surface area (Å²) < 4.78 is 1.57. The highest BCUT2D eigenvalue weighted by Gasteiger charge is 2.16. The van der Waals surface area contributed by atoms with E-state index in [4.69, 9.17) is 0 Å². The molecule has 0 fully saturated rings. The summed E-state index contributed by atoms with van der Waals surface area (Å²) in [7, 11) is 1.74. The van der Waals surface area contributed by atoms with E-state index in [1.165, 1.54) is 4.88 Å². The summed E-state index contributed by atoms with van der Waals surface area (Å²) in [6.45, 7) is 2.40. The lowest BCUT2D eigenvalue weighted by atomic mass is 10.1. The maximum absolute atomic E-state index is 12.5. The normalized spacial score (nSPS) is 10.9. The predicted molar refractivity (Wildman–Crippen MR) is 92.1 cm³/mol. The second-order valence-electron chi connectivity index (χ2n) is 5.41. The maximum Gasteiger partial charge on any atom is 0.275 e. The zero-order valence-electron chi connectivity index (χ0n) is 13.0. The van der Waals surface area contributed by atoms with Gasteiger partial charge < -0.3 is 5.32 Å². The van der Waals surface area contributed by atoms with Gasteiger partial charge in [0.2, 0.25) is 5.43 Å². The zero-order chi connectivity index (χ0) is 16.4. The van der Waals surface area contributed by atoms with Crippen molar-refractivity contribution in [3.8, 4) is 0 Å². The SMILES string of the molecule is Cc1ccc2c(c1)c(=O)c(C(=O)NCCc1cccs1)nn2C. The number of fused-ring (bicyclic) bond motifs is 1. The molecule has 2 heterocycles. The van der Waals surface area contributed by atoms with Crippen LogP contribution < -0.4 is 10.7 Å². The van der Waals surface area contributed by atoms with Crippen molar-refractivity contribution in [2.24, 2.45) is 7.05 Å². The van der Waals surface area contributed by atoms with Crippen LogP contribution in [-0.4, -0.2) is 22.2 Å². The lowest BCUT2D eigenvalue weighted by Crippen LogP contribution is -2.32. The van der Waals surface area contributed by atoms with E-state index < -0.39 is 5.91 Å². The Balaban J connectivity index is 1.85. The number of carbonyl (C=O) groups is 1. The third kappa shape index (κ3) is 3.17. The second-order valence-corrected chi connectivity index (χ2v) is 6.44. The first-order chi connectivity index (χ1) is 11.1. The second kappa shape index (κ2) is 6.34. The maximum atomic E-state index is 12.5. The summed E-state index contributed by atoms with van der Waals surface area (Å²) in [6.07, 6.45) is 0.746. The van der Waals surface area contributed by atoms with Gasteiger partial charge in [-0.3, -0.25) is 14.3 Å². The van der Waals surface area contributed by atoms with Crippen LogP contribution in [0.2, 0.25) is 0 Å². The van der Waals surface area contributed by atoms with Gasteiger partial charge in [-0.25, -0.2) is 0 Å². The molecule has 1 amide bonds. The fourth-order valence-electron chi connectivity index (χ4n) is 2.48. The van der Waals surface area contributed by atoms with Crippen LogP contribution in [0.1, 0.15) is 20.9 Å². The molecule has 5 nitrogen and oxygen atoms in total. The van der Waals surface area contributed by atoms with E-state index in [1.807, 2.05) is 36.6 Å². The molecule has 0 saturated carbocycles. The average molecular weight is 327 g/mol. The van der Waals surface area contributed by atoms with Gasteiger partial charge in [0.15, 0.2) is 5.69 Å². The highest BCUT2D eigenvalue weighted by molar-refractivity contribution is 7.09. The fraction of sp³-hybridized carbons (Fsp3) is 0.235. The highest BCUT2D eigenvalue weighted by atomic mass is 32.1. The van der Waals surface area contributed by atoms with Crippen LogP contribution in [0.5, 0.6) is 0 Å². The monoisotopic (exact) mass is 327 g/mol. The number of hydrogen-bond donors (Lipinski definition) is 1. The molecule has 1 aromatic carbocycles. The van der Waals surface area contributed by atoms with E-state index >= 15 is 0 Å². The summed E-state index contributed by atoms with van der Waals surface area (Å²) >= 11 is 1.65. The number of aromatic nitrogens is 2. The molecule has 0 spiro atoms. The minimum atomic E-state index is -0.425. The van der Waals surface area contributed by atoms with Crippen LogP contribution in [0.25, 0.3) is 10.9 Å². The molecule has 0 radical (unpaired) electrons. The van der Waals surface area contributed by atoms with Crippen molar-refractivity contribution < 1.29 is 4.79 Å². The molecule has 0 saturated heterocycles. The Kier molecular flexibility index (Phi) is 4.25. The van der Waals surface area contributed by atoms with Gasteiger partial charge in [-0.15, -0.1) is 11.3 Å². The number of thiophene rings is 1. The van der Waals surface area contributed by atoms with E-state index in [0.717, 1.165) is 17.5 Å². The molecule has 1 N–H and O–H groups in total. The van der Waals surface area contributed by atoms with Crippen LogP contribution in [-0.2, 0) is 13.5 Å². The summed E-state index contributed by atoms with van der Waals surface area (Å²) in [5.41, 5.74) is 1.31. The van der Waals surface area contributed by atoms with Crippen molar-refractivity contribution in [1.29, 1.82) is 0 Å². The number of hydrogen-bond acceptors (Lipinski definition) is 4. The largest absolute Gasteiger partial charge is 0.350 e. The first-order valence-electron chi connectivity index (χ1n) is 7.34. The van der Waals surface area contributed by atoms with Crippen LogP contribution in [0, 0.1) is 6.92 Å². The summed E-state index contributed by atoms with van der Waals surface area (Å²) in [6, 6.07) is 9.56. The minimum absolute atomic E-state index is 0.0585. The van der Waals surface area contributed by atoms with Crippen molar-refractivity contribution in [3.63, 3.8) is 0 Å². The number of amides is 1. The van der Waals surface area contributed by atoms with Gasteiger partial charge in [-0.05, 0) is 36.9 Å². The minimum Gasteiger partial charge on any atom is -0.350 e. The number of benzene rings is 1. The zero-order valence-corrected chi connectivity index (χ0v) is 13.8. The fourth-order valence-corrected chi connectivity index (χ4v) is 3.19. The number of aryl methyl sites for hydroxylation is 2. The Morgan fingerprint density at radius 2 is 2.17 bits per heavy atom. The van der Waals surface area contributed by atoms with Crippen molar-refractivity contribution >= 4 is 28.1 Å². The summed E-state index contributed by atoms with van der Waals surface area (Å²) in [4.78, 5) is 26.0. The van der Waals surface area contributed by atoms with Crippen LogP contribution in [0.3, 0.4) is 0 Å². The van der Waals surface area contributed by atoms with E-state index in [2.05, 4.69) is 10.4 Å². The average Bonchev–Trinajstić information content (AvgIpc) is 3.04. The standard InChI is InChI=1S/C17H17N3O2S/c1-11-5-6-14-13(10-11)16(21)15(19-20(14)2)17(22)18-8-7-12-4-3-9-23-12/h3-6,9-10H,7-8H2,1-2H3,(H,18,22). The Bertz CT molecular complexity index is 913. The van der Waals surface area contributed by atoms with Gasteiger partial charge in [0.1, 0.15) is 0 Å². The van der Waals surface area contributed by atoms with Gasteiger partial charge in [-0.2, -0.15) is 5.10 Å². The molecule has 3 aromatic rings. The highest BCUT2D eigenvalue weighted by Crippen LogP contribution is 2.11. The molecule has 3 rings (SSSR count). The molecule has 0 unspecified atom stereocenters. The number of nitrogens with zero attached hydrogens (tertiary/aromatic N) is 2. The van der Waals surface area contributed by atoms with Crippen molar-refractivity contribution in [3.05, 3.63) is 62.1 Å². The molecule has 0 aliphatic carbocycles. The van der Waals surface area contributed by atoms with E-state index in [9.17, 15) is 9.59 Å². The van der Waals surface area contributed by atoms with E-state index in [-0.39, 0.29) is 11.1 Å². The lowest BCUT2D eigenvalue weighted by molar-refractivity contribution is 0.0946.